The van der Waals surface area contributed by atoms with Gasteiger partial charge in [0.05, 0.1) is 17.2 Å². The number of amides is 1. The number of hydrogen-bond donors (Lipinski definition) is 3. The van der Waals surface area contributed by atoms with E-state index < -0.39 is 17.9 Å². The van der Waals surface area contributed by atoms with Gasteiger partial charge in [-0.15, -0.1) is 0 Å². The SMILES string of the molecule is O=C(Cn1cnc2ccccc2c1=O)N[C@H](Cc1ccc(O)cc1)C(=O)O. The highest BCUT2D eigenvalue weighted by molar-refractivity contribution is 5.84. The number of aromatic hydroxyl groups is 1. The van der Waals surface area contributed by atoms with Crippen LogP contribution in [0.4, 0.5) is 0 Å². The number of fused-ring (bicyclic) bond motifs is 1. The van der Waals surface area contributed by atoms with Gasteiger partial charge in [-0.2, -0.15) is 0 Å². The number of rotatable bonds is 6. The van der Waals surface area contributed by atoms with Crippen molar-refractivity contribution in [3.05, 3.63) is 70.8 Å². The average Bonchev–Trinajstić information content (AvgIpc) is 2.65. The van der Waals surface area contributed by atoms with Crippen LogP contribution < -0.4 is 10.9 Å². The second kappa shape index (κ2) is 7.69. The van der Waals surface area contributed by atoms with Crippen molar-refractivity contribution >= 4 is 22.8 Å². The van der Waals surface area contributed by atoms with Crippen molar-refractivity contribution in [2.45, 2.75) is 19.0 Å². The van der Waals surface area contributed by atoms with E-state index in [-0.39, 0.29) is 24.3 Å². The van der Waals surface area contributed by atoms with E-state index in [2.05, 4.69) is 10.3 Å². The van der Waals surface area contributed by atoms with Crippen LogP contribution in [0, 0.1) is 0 Å². The summed E-state index contributed by atoms with van der Waals surface area (Å²) >= 11 is 0. The van der Waals surface area contributed by atoms with Crippen LogP contribution in [0.25, 0.3) is 10.9 Å². The molecule has 1 heterocycles. The highest BCUT2D eigenvalue weighted by Crippen LogP contribution is 2.11. The minimum Gasteiger partial charge on any atom is -0.508 e. The normalized spacial score (nSPS) is 11.9. The Morgan fingerprint density at radius 2 is 1.81 bits per heavy atom. The van der Waals surface area contributed by atoms with E-state index in [1.165, 1.54) is 18.5 Å². The van der Waals surface area contributed by atoms with E-state index >= 15 is 0 Å². The smallest absolute Gasteiger partial charge is 0.326 e. The minimum absolute atomic E-state index is 0.0478. The molecule has 1 atom stereocenters. The Bertz CT molecular complexity index is 1040. The summed E-state index contributed by atoms with van der Waals surface area (Å²) in [6.45, 7) is -0.337. The maximum absolute atomic E-state index is 12.4. The monoisotopic (exact) mass is 367 g/mol. The summed E-state index contributed by atoms with van der Waals surface area (Å²) in [7, 11) is 0. The number of aromatic nitrogens is 2. The van der Waals surface area contributed by atoms with Crippen LogP contribution in [-0.4, -0.2) is 37.7 Å². The third-order valence-electron chi connectivity index (χ3n) is 4.05. The van der Waals surface area contributed by atoms with Crippen molar-refractivity contribution in [1.82, 2.24) is 14.9 Å². The number of carboxylic acid groups (broad SMARTS) is 1. The van der Waals surface area contributed by atoms with Crippen LogP contribution in [0.5, 0.6) is 5.75 Å². The third kappa shape index (κ3) is 4.30. The lowest BCUT2D eigenvalue weighted by Gasteiger charge is -2.15. The topological polar surface area (TPSA) is 122 Å². The summed E-state index contributed by atoms with van der Waals surface area (Å²) in [5, 5.41) is 21.4. The molecule has 0 saturated heterocycles. The van der Waals surface area contributed by atoms with Crippen molar-refractivity contribution < 1.29 is 19.8 Å². The van der Waals surface area contributed by atoms with Gasteiger partial charge < -0.3 is 15.5 Å². The van der Waals surface area contributed by atoms with Gasteiger partial charge in [0.15, 0.2) is 0 Å². The number of hydrogen-bond acceptors (Lipinski definition) is 5. The molecule has 0 aliphatic carbocycles. The Labute approximate surface area is 153 Å². The van der Waals surface area contributed by atoms with Crippen LogP contribution >= 0.6 is 0 Å². The molecule has 1 aromatic heterocycles. The first-order valence-corrected chi connectivity index (χ1v) is 8.18. The Balaban J connectivity index is 1.73. The fraction of sp³-hybridized carbons (Fsp3) is 0.158. The average molecular weight is 367 g/mol. The van der Waals surface area contributed by atoms with Gasteiger partial charge in [-0.3, -0.25) is 14.2 Å². The number of carbonyl (C=O) groups is 2. The van der Waals surface area contributed by atoms with Crippen molar-refractivity contribution in [1.29, 1.82) is 0 Å². The van der Waals surface area contributed by atoms with E-state index in [4.69, 9.17) is 0 Å². The Kier molecular flexibility index (Phi) is 5.16. The second-order valence-corrected chi connectivity index (χ2v) is 6.02. The first kappa shape index (κ1) is 18.1. The van der Waals surface area contributed by atoms with Crippen molar-refractivity contribution in [2.75, 3.05) is 0 Å². The van der Waals surface area contributed by atoms with Crippen LogP contribution in [0.3, 0.4) is 0 Å². The molecule has 3 N–H and O–H groups in total. The fourth-order valence-electron chi connectivity index (χ4n) is 2.68. The molecule has 0 spiro atoms. The molecule has 3 aromatic rings. The summed E-state index contributed by atoms with van der Waals surface area (Å²) in [6.07, 6.45) is 1.31. The standard InChI is InChI=1S/C19H17N3O5/c23-13-7-5-12(6-8-13)9-16(19(26)27)21-17(24)10-22-11-20-15-4-2-1-3-14(15)18(22)25/h1-8,11,16,23H,9-10H2,(H,21,24)(H,26,27)/t16-/m1/s1. The Morgan fingerprint density at radius 1 is 1.11 bits per heavy atom. The fourth-order valence-corrected chi connectivity index (χ4v) is 2.68. The highest BCUT2D eigenvalue weighted by atomic mass is 16.4. The number of benzene rings is 2. The molecule has 0 aliphatic heterocycles. The molecule has 8 heteroatoms. The molecule has 2 aromatic carbocycles. The number of nitrogens with zero attached hydrogens (tertiary/aromatic N) is 2. The number of para-hydroxylation sites is 1. The molecule has 1 amide bonds. The van der Waals surface area contributed by atoms with E-state index in [1.807, 2.05) is 0 Å². The summed E-state index contributed by atoms with van der Waals surface area (Å²) in [5.74, 6) is -1.74. The molecule has 0 bridgehead atoms. The summed E-state index contributed by atoms with van der Waals surface area (Å²) in [5.41, 5.74) is 0.793. The molecule has 0 saturated carbocycles. The lowest BCUT2D eigenvalue weighted by molar-refractivity contribution is -0.141. The Hall–Kier alpha value is -3.68. The number of phenolic OH excluding ortho intramolecular Hbond substituents is 1. The number of nitrogens with one attached hydrogen (secondary N) is 1. The van der Waals surface area contributed by atoms with Crippen molar-refractivity contribution in [3.63, 3.8) is 0 Å². The number of carbonyl (C=O) groups excluding carboxylic acids is 1. The highest BCUT2D eigenvalue weighted by Gasteiger charge is 2.21. The van der Waals surface area contributed by atoms with Crippen molar-refractivity contribution in [2.24, 2.45) is 0 Å². The lowest BCUT2D eigenvalue weighted by atomic mass is 10.1. The summed E-state index contributed by atoms with van der Waals surface area (Å²) in [6, 6.07) is 11.6. The summed E-state index contributed by atoms with van der Waals surface area (Å²) in [4.78, 5) is 40.3. The number of aliphatic carboxylic acids is 1. The molecule has 8 nitrogen and oxygen atoms in total. The molecule has 138 valence electrons. The van der Waals surface area contributed by atoms with E-state index in [9.17, 15) is 24.6 Å². The zero-order valence-corrected chi connectivity index (χ0v) is 14.2. The zero-order chi connectivity index (χ0) is 19.4. The van der Waals surface area contributed by atoms with Gasteiger partial charge in [-0.05, 0) is 29.8 Å². The molecular weight excluding hydrogens is 350 g/mol. The van der Waals surface area contributed by atoms with E-state index in [1.54, 1.807) is 36.4 Å². The molecule has 27 heavy (non-hydrogen) atoms. The summed E-state index contributed by atoms with van der Waals surface area (Å²) < 4.78 is 1.14. The predicted octanol–water partition coefficient (Wildman–Crippen LogP) is 0.914. The molecule has 0 aliphatic rings. The van der Waals surface area contributed by atoms with Crippen LogP contribution in [-0.2, 0) is 22.6 Å². The largest absolute Gasteiger partial charge is 0.508 e. The molecule has 0 fully saturated rings. The first-order chi connectivity index (χ1) is 12.9. The number of carboxylic acids is 1. The second-order valence-electron chi connectivity index (χ2n) is 6.02. The first-order valence-electron chi connectivity index (χ1n) is 8.18. The van der Waals surface area contributed by atoms with Crippen LogP contribution in [0.15, 0.2) is 59.7 Å². The van der Waals surface area contributed by atoms with Gasteiger partial charge in [0.2, 0.25) is 5.91 Å². The predicted molar refractivity (Wildman–Crippen MR) is 97.4 cm³/mol. The zero-order valence-electron chi connectivity index (χ0n) is 14.2. The van der Waals surface area contributed by atoms with Gasteiger partial charge in [0.1, 0.15) is 18.3 Å². The van der Waals surface area contributed by atoms with Gasteiger partial charge in [0, 0.05) is 6.42 Å². The van der Waals surface area contributed by atoms with Gasteiger partial charge in [-0.25, -0.2) is 9.78 Å². The van der Waals surface area contributed by atoms with Crippen LogP contribution in [0.1, 0.15) is 5.56 Å². The Morgan fingerprint density at radius 3 is 2.52 bits per heavy atom. The van der Waals surface area contributed by atoms with E-state index in [0.717, 1.165) is 4.57 Å². The molecular formula is C19H17N3O5. The minimum atomic E-state index is -1.19. The van der Waals surface area contributed by atoms with Gasteiger partial charge in [0.25, 0.3) is 5.56 Å². The lowest BCUT2D eigenvalue weighted by Crippen LogP contribution is -2.44. The molecule has 0 radical (unpaired) electrons. The molecule has 3 rings (SSSR count). The number of phenols is 1. The quantitative estimate of drug-likeness (QED) is 0.595. The maximum Gasteiger partial charge on any atom is 0.326 e. The maximum atomic E-state index is 12.4. The van der Waals surface area contributed by atoms with Gasteiger partial charge >= 0.3 is 5.97 Å². The van der Waals surface area contributed by atoms with E-state index in [0.29, 0.717) is 16.5 Å². The van der Waals surface area contributed by atoms with Crippen molar-refractivity contribution in [3.8, 4) is 5.75 Å². The molecule has 0 unspecified atom stereocenters. The third-order valence-corrected chi connectivity index (χ3v) is 4.05. The van der Waals surface area contributed by atoms with Crippen LogP contribution in [0.2, 0.25) is 0 Å². The van der Waals surface area contributed by atoms with Gasteiger partial charge in [-0.1, -0.05) is 24.3 Å².